The molecule has 0 aromatic heterocycles. The lowest BCUT2D eigenvalue weighted by Crippen LogP contribution is -2.03. The van der Waals surface area contributed by atoms with Gasteiger partial charge in [0.15, 0.2) is 0 Å². The van der Waals surface area contributed by atoms with Crippen LogP contribution in [0.2, 0.25) is 0 Å². The van der Waals surface area contributed by atoms with Crippen LogP contribution in [0.1, 0.15) is 20.8 Å². The van der Waals surface area contributed by atoms with E-state index in [-0.39, 0.29) is 0 Å². The van der Waals surface area contributed by atoms with Gasteiger partial charge >= 0.3 is 0 Å². The maximum atomic E-state index is 7.72. The number of amidine groups is 1. The molecule has 8 heavy (non-hydrogen) atoms. The molecule has 0 aromatic rings. The molecule has 0 spiro atoms. The molecule has 0 radical (unpaired) electrons. The molecule has 0 aliphatic heterocycles. The summed E-state index contributed by atoms with van der Waals surface area (Å²) in [6.07, 6.45) is 1.53. The first-order chi connectivity index (χ1) is 3.77. The average molecular weight is 113 g/mol. The zero-order valence-corrected chi connectivity index (χ0v) is 5.47. The van der Waals surface area contributed by atoms with Gasteiger partial charge in [0.05, 0.1) is 0 Å². The third-order valence-electron chi connectivity index (χ3n) is 0.226. The number of hydrogen-bond acceptors (Lipinski definition) is 2. The molecule has 0 aliphatic carbocycles. The molecule has 46 valence electrons. The highest BCUT2D eigenvalue weighted by Gasteiger charge is 1.67. The van der Waals surface area contributed by atoms with Crippen molar-refractivity contribution >= 4 is 5.84 Å². The fraction of sp³-hybridized carbons (Fsp3) is 0.600. The second kappa shape index (κ2) is 9.35. The third kappa shape index (κ3) is 20.2. The van der Waals surface area contributed by atoms with E-state index in [0.717, 1.165) is 0 Å². The minimum absolute atomic E-state index is 0.303. The summed E-state index contributed by atoms with van der Waals surface area (Å²) in [4.78, 5) is 3.12. The van der Waals surface area contributed by atoms with Crippen LogP contribution in [0.25, 0.3) is 0 Å². The molecule has 0 saturated heterocycles. The highest BCUT2D eigenvalue weighted by atomic mass is 14.8. The number of rotatable bonds is 0. The monoisotopic (exact) mass is 113 g/mol. The van der Waals surface area contributed by atoms with Gasteiger partial charge in [-0.25, -0.2) is 0 Å². The zero-order chi connectivity index (χ0) is 6.99. The molecule has 0 aliphatic rings. The van der Waals surface area contributed by atoms with E-state index in [0.29, 0.717) is 5.84 Å². The molecule has 0 bridgehead atoms. The van der Waals surface area contributed by atoms with Gasteiger partial charge in [0, 0.05) is 0 Å². The van der Waals surface area contributed by atoms with Crippen molar-refractivity contribution < 1.29 is 0 Å². The van der Waals surface area contributed by atoms with E-state index in [1.807, 2.05) is 13.8 Å². The molecule has 0 rings (SSSR count). The van der Waals surface area contributed by atoms with E-state index in [1.165, 1.54) is 6.19 Å². The highest BCUT2D eigenvalue weighted by Crippen LogP contribution is 1.58. The summed E-state index contributed by atoms with van der Waals surface area (Å²) in [5.74, 6) is 0.303. The van der Waals surface area contributed by atoms with Crippen molar-refractivity contribution in [3.05, 3.63) is 0 Å². The van der Waals surface area contributed by atoms with E-state index >= 15 is 0 Å². The van der Waals surface area contributed by atoms with Gasteiger partial charge in [-0.3, -0.25) is 0 Å². The van der Waals surface area contributed by atoms with Gasteiger partial charge in [0.2, 0.25) is 6.19 Å². The van der Waals surface area contributed by atoms with Gasteiger partial charge in [-0.2, -0.15) is 10.3 Å². The summed E-state index contributed by atoms with van der Waals surface area (Å²) < 4.78 is 0. The van der Waals surface area contributed by atoms with Gasteiger partial charge in [-0.1, -0.05) is 13.8 Å². The van der Waals surface area contributed by atoms with Gasteiger partial charge in [0.1, 0.15) is 5.84 Å². The summed E-state index contributed by atoms with van der Waals surface area (Å²) in [5, 5.41) is 7.72. The number of nitriles is 1. The van der Waals surface area contributed by atoms with Crippen LogP contribution in [0.5, 0.6) is 0 Å². The maximum Gasteiger partial charge on any atom is 0.207 e. The molecular weight excluding hydrogens is 102 g/mol. The minimum atomic E-state index is 0.303. The summed E-state index contributed by atoms with van der Waals surface area (Å²) in [6.45, 7) is 5.56. The van der Waals surface area contributed by atoms with Gasteiger partial charge in [-0.05, 0) is 6.92 Å². The van der Waals surface area contributed by atoms with Crippen LogP contribution >= 0.6 is 0 Å². The van der Waals surface area contributed by atoms with Crippen molar-refractivity contribution in [2.75, 3.05) is 0 Å². The normalized spacial score (nSPS) is 8.50. The Balaban J connectivity index is 0. The van der Waals surface area contributed by atoms with Crippen molar-refractivity contribution in [1.29, 1.82) is 5.26 Å². The molecule has 2 N–H and O–H groups in total. The molecule has 0 aromatic carbocycles. The van der Waals surface area contributed by atoms with Crippen molar-refractivity contribution in [2.24, 2.45) is 10.7 Å². The highest BCUT2D eigenvalue weighted by molar-refractivity contribution is 5.78. The quantitative estimate of drug-likeness (QED) is 0.288. The Bertz CT molecular complexity index is 94.7. The first-order valence-electron chi connectivity index (χ1n) is 2.46. The first-order valence-corrected chi connectivity index (χ1v) is 2.46. The second-order valence-corrected chi connectivity index (χ2v) is 0.853. The summed E-state index contributed by atoms with van der Waals surface area (Å²) in [7, 11) is 0. The van der Waals surface area contributed by atoms with Crippen LogP contribution in [-0.4, -0.2) is 5.84 Å². The van der Waals surface area contributed by atoms with E-state index in [2.05, 4.69) is 4.99 Å². The van der Waals surface area contributed by atoms with Crippen molar-refractivity contribution in [2.45, 2.75) is 20.8 Å². The van der Waals surface area contributed by atoms with Crippen LogP contribution in [0.15, 0.2) is 4.99 Å². The molecule has 3 heteroatoms. The van der Waals surface area contributed by atoms with Crippen LogP contribution in [0.4, 0.5) is 0 Å². The van der Waals surface area contributed by atoms with Gasteiger partial charge in [-0.15, -0.1) is 0 Å². The Morgan fingerprint density at radius 2 is 2.00 bits per heavy atom. The smallest absolute Gasteiger partial charge is 0.207 e. The molecule has 0 fully saturated rings. The topological polar surface area (TPSA) is 62.2 Å². The second-order valence-electron chi connectivity index (χ2n) is 0.853. The number of nitrogens with two attached hydrogens (primary N) is 1. The zero-order valence-electron chi connectivity index (χ0n) is 5.47. The van der Waals surface area contributed by atoms with Gasteiger partial charge < -0.3 is 5.73 Å². The van der Waals surface area contributed by atoms with Crippen LogP contribution in [0, 0.1) is 11.5 Å². The van der Waals surface area contributed by atoms with E-state index in [9.17, 15) is 0 Å². The molecule has 0 atom stereocenters. The van der Waals surface area contributed by atoms with Gasteiger partial charge in [0.25, 0.3) is 0 Å². The lowest BCUT2D eigenvalue weighted by atomic mass is 10.7. The summed E-state index contributed by atoms with van der Waals surface area (Å²) >= 11 is 0. The van der Waals surface area contributed by atoms with E-state index in [4.69, 9.17) is 11.0 Å². The Morgan fingerprint density at radius 1 is 1.62 bits per heavy atom. The third-order valence-corrected chi connectivity index (χ3v) is 0.226. The van der Waals surface area contributed by atoms with Crippen molar-refractivity contribution in [3.63, 3.8) is 0 Å². The largest absolute Gasteiger partial charge is 0.387 e. The Morgan fingerprint density at radius 3 is 2.00 bits per heavy atom. The fourth-order valence-corrected chi connectivity index (χ4v) is 0.0789. The number of aliphatic imine (C=N–C) groups is 1. The van der Waals surface area contributed by atoms with E-state index in [1.54, 1.807) is 6.92 Å². The van der Waals surface area contributed by atoms with Crippen LogP contribution in [-0.2, 0) is 0 Å². The Labute approximate surface area is 49.8 Å². The first kappa shape index (κ1) is 10.0. The van der Waals surface area contributed by atoms with Crippen molar-refractivity contribution in [1.82, 2.24) is 0 Å². The predicted molar refractivity (Wildman–Crippen MR) is 34.3 cm³/mol. The summed E-state index contributed by atoms with van der Waals surface area (Å²) in [6, 6.07) is 0. The van der Waals surface area contributed by atoms with Crippen molar-refractivity contribution in [3.8, 4) is 6.19 Å². The lowest BCUT2D eigenvalue weighted by Gasteiger charge is -1.73. The Hall–Kier alpha value is -1.04. The molecule has 3 nitrogen and oxygen atoms in total. The Kier molecular flexibility index (Phi) is 11.7. The molecule has 0 heterocycles. The average Bonchev–Trinajstić information content (AvgIpc) is 1.72. The lowest BCUT2D eigenvalue weighted by molar-refractivity contribution is 1.41. The number of hydrogen-bond donors (Lipinski definition) is 1. The minimum Gasteiger partial charge on any atom is -0.387 e. The molecule has 0 amide bonds. The molecular formula is C5H11N3. The molecule has 0 saturated carbocycles. The fourth-order valence-electron chi connectivity index (χ4n) is 0.0789. The SMILES string of the molecule is CC.CC(N)=NC#N. The standard InChI is InChI=1S/C3H5N3.C2H6/c1-3(5)6-2-4;1-2/h1H3,(H2,5,6);1-2H3. The van der Waals surface area contributed by atoms with E-state index < -0.39 is 0 Å². The predicted octanol–water partition coefficient (Wildman–Crippen LogP) is 0.871. The summed E-state index contributed by atoms with van der Waals surface area (Å²) in [5.41, 5.74) is 4.93. The number of nitrogens with zero attached hydrogens (tertiary/aromatic N) is 2. The molecule has 0 unspecified atom stereocenters. The van der Waals surface area contributed by atoms with Crippen LogP contribution < -0.4 is 5.73 Å². The maximum absolute atomic E-state index is 7.72. The van der Waals surface area contributed by atoms with Crippen LogP contribution in [0.3, 0.4) is 0 Å².